The topological polar surface area (TPSA) is 93.4 Å². The van der Waals surface area contributed by atoms with Crippen LogP contribution in [-0.2, 0) is 6.54 Å². The summed E-state index contributed by atoms with van der Waals surface area (Å²) in [5.41, 5.74) is 3.19. The predicted octanol–water partition coefficient (Wildman–Crippen LogP) is 3.20. The van der Waals surface area contributed by atoms with Gasteiger partial charge in [-0.2, -0.15) is 5.10 Å². The van der Waals surface area contributed by atoms with Gasteiger partial charge in [0.05, 0.1) is 12.4 Å². The zero-order valence-corrected chi connectivity index (χ0v) is 17.0. The number of ether oxygens (including phenoxy) is 1. The molecule has 0 spiro atoms. The number of hydrogen-bond donors (Lipinski definition) is 2. The van der Waals surface area contributed by atoms with E-state index in [9.17, 15) is 9.18 Å². The molecule has 0 unspecified atom stereocenters. The van der Waals surface area contributed by atoms with Crippen LogP contribution in [0.15, 0.2) is 55.0 Å². The summed E-state index contributed by atoms with van der Waals surface area (Å²) >= 11 is 0. The predicted molar refractivity (Wildman–Crippen MR) is 115 cm³/mol. The summed E-state index contributed by atoms with van der Waals surface area (Å²) in [4.78, 5) is 21.8. The molecule has 1 aromatic carbocycles. The third-order valence-corrected chi connectivity index (χ3v) is 5.87. The third-order valence-electron chi connectivity index (χ3n) is 5.87. The number of fused-ring (bicyclic) bond motifs is 2. The van der Waals surface area contributed by atoms with Crippen molar-refractivity contribution in [2.24, 2.45) is 0 Å². The molecule has 8 nitrogen and oxygen atoms in total. The minimum atomic E-state index is -0.432. The number of nitrogens with one attached hydrogen (secondary N) is 2. The van der Waals surface area contributed by atoms with Gasteiger partial charge in [0.2, 0.25) is 5.88 Å². The number of pyridine rings is 1. The molecule has 0 radical (unpaired) electrons. The fraction of sp³-hybridized carbons (Fsp3) is 0.217. The number of nitrogens with zero attached hydrogens (tertiary/aromatic N) is 4. The molecule has 9 heteroatoms. The minimum Gasteiger partial charge on any atom is -0.474 e. The monoisotopic (exact) mass is 430 g/mol. The molecule has 32 heavy (non-hydrogen) atoms. The molecule has 7 rings (SSSR count). The van der Waals surface area contributed by atoms with Gasteiger partial charge in [0.15, 0.2) is 5.65 Å². The lowest BCUT2D eigenvalue weighted by molar-refractivity contribution is 0.0673. The second-order valence-electron chi connectivity index (χ2n) is 8.05. The molecule has 0 atom stereocenters. The Morgan fingerprint density at radius 1 is 1.12 bits per heavy atom. The van der Waals surface area contributed by atoms with Gasteiger partial charge in [0.1, 0.15) is 23.3 Å². The number of rotatable bonds is 1. The van der Waals surface area contributed by atoms with Crippen LogP contribution in [0, 0.1) is 5.82 Å². The zero-order valence-electron chi connectivity index (χ0n) is 17.0. The summed E-state index contributed by atoms with van der Waals surface area (Å²) in [5.74, 6) is 0.291. The SMILES string of the molecule is O=C1NC2CC(C2)Oc2ncc(F)cc2CNc2nc3c1cnn3cc2-c1ccccc1. The largest absolute Gasteiger partial charge is 0.474 e. The van der Waals surface area contributed by atoms with Crippen molar-refractivity contribution in [1.29, 1.82) is 0 Å². The van der Waals surface area contributed by atoms with Gasteiger partial charge in [-0.05, 0) is 11.6 Å². The van der Waals surface area contributed by atoms with E-state index in [0.29, 0.717) is 41.3 Å². The lowest BCUT2D eigenvalue weighted by atomic mass is 9.89. The first-order chi connectivity index (χ1) is 15.6. The van der Waals surface area contributed by atoms with Crippen LogP contribution in [0.5, 0.6) is 5.88 Å². The number of aromatic nitrogens is 4. The van der Waals surface area contributed by atoms with Crippen molar-refractivity contribution in [3.8, 4) is 17.0 Å². The van der Waals surface area contributed by atoms with Crippen LogP contribution in [0.3, 0.4) is 0 Å². The highest BCUT2D eigenvalue weighted by molar-refractivity contribution is 6.00. The number of anilines is 1. The normalized spacial score (nSPS) is 19.8. The van der Waals surface area contributed by atoms with Crippen LogP contribution in [0.1, 0.15) is 28.8 Å². The smallest absolute Gasteiger partial charge is 0.256 e. The molecule has 160 valence electrons. The lowest BCUT2D eigenvalue weighted by Gasteiger charge is -2.35. The quantitative estimate of drug-likeness (QED) is 0.482. The molecule has 5 heterocycles. The number of benzene rings is 1. The van der Waals surface area contributed by atoms with Crippen LogP contribution >= 0.6 is 0 Å². The Hall–Kier alpha value is -4.01. The first-order valence-corrected chi connectivity index (χ1v) is 10.4. The van der Waals surface area contributed by atoms with Crippen molar-refractivity contribution >= 4 is 17.4 Å². The molecule has 1 aliphatic carbocycles. The zero-order chi connectivity index (χ0) is 21.7. The lowest BCUT2D eigenvalue weighted by Crippen LogP contribution is -2.49. The van der Waals surface area contributed by atoms with Crippen LogP contribution in [0.2, 0.25) is 0 Å². The highest BCUT2D eigenvalue weighted by Gasteiger charge is 2.34. The molecule has 1 fully saturated rings. The highest BCUT2D eigenvalue weighted by Crippen LogP contribution is 2.31. The molecule has 1 saturated carbocycles. The Bertz CT molecular complexity index is 1330. The van der Waals surface area contributed by atoms with Gasteiger partial charge in [0.25, 0.3) is 5.91 Å². The average Bonchev–Trinajstić information content (AvgIpc) is 3.20. The Labute approximate surface area is 182 Å². The molecule has 2 N–H and O–H groups in total. The van der Waals surface area contributed by atoms with Crippen molar-refractivity contribution < 1.29 is 13.9 Å². The summed E-state index contributed by atoms with van der Waals surface area (Å²) < 4.78 is 21.6. The number of amides is 1. The van der Waals surface area contributed by atoms with E-state index < -0.39 is 5.82 Å². The number of carbonyl (C=O) groups is 1. The molecule has 0 saturated heterocycles. The molecule has 3 aliphatic rings. The second-order valence-corrected chi connectivity index (χ2v) is 8.05. The highest BCUT2D eigenvalue weighted by atomic mass is 19.1. The van der Waals surface area contributed by atoms with Crippen LogP contribution in [0.4, 0.5) is 10.2 Å². The van der Waals surface area contributed by atoms with Crippen LogP contribution in [0.25, 0.3) is 16.8 Å². The van der Waals surface area contributed by atoms with E-state index in [0.717, 1.165) is 17.3 Å². The van der Waals surface area contributed by atoms with Crippen molar-refractivity contribution in [3.05, 3.63) is 71.9 Å². The van der Waals surface area contributed by atoms with E-state index in [4.69, 9.17) is 9.72 Å². The first kappa shape index (κ1) is 18.7. The van der Waals surface area contributed by atoms with E-state index in [1.807, 2.05) is 36.5 Å². The van der Waals surface area contributed by atoms with E-state index in [-0.39, 0.29) is 24.6 Å². The summed E-state index contributed by atoms with van der Waals surface area (Å²) in [6, 6.07) is 11.2. The van der Waals surface area contributed by atoms with Crippen molar-refractivity contribution in [2.45, 2.75) is 31.5 Å². The molecule has 4 aromatic rings. The van der Waals surface area contributed by atoms with E-state index in [1.165, 1.54) is 12.3 Å². The Kier molecular flexibility index (Phi) is 4.27. The molecular formula is C23H19FN6O2. The van der Waals surface area contributed by atoms with E-state index in [2.05, 4.69) is 20.7 Å². The van der Waals surface area contributed by atoms with Gasteiger partial charge in [-0.15, -0.1) is 0 Å². The number of hydrogen-bond acceptors (Lipinski definition) is 6. The number of halogens is 1. The molecular weight excluding hydrogens is 411 g/mol. The Morgan fingerprint density at radius 2 is 1.97 bits per heavy atom. The molecule has 1 amide bonds. The van der Waals surface area contributed by atoms with Gasteiger partial charge in [-0.1, -0.05) is 30.3 Å². The maximum Gasteiger partial charge on any atom is 0.256 e. The summed E-state index contributed by atoms with van der Waals surface area (Å²) in [6.07, 6.45) is 5.76. The Balaban J connectivity index is 1.50. The van der Waals surface area contributed by atoms with Gasteiger partial charge in [-0.3, -0.25) is 4.79 Å². The molecule has 2 aliphatic heterocycles. The second kappa shape index (κ2) is 7.30. The Morgan fingerprint density at radius 3 is 2.81 bits per heavy atom. The van der Waals surface area contributed by atoms with E-state index >= 15 is 0 Å². The third kappa shape index (κ3) is 3.22. The molecule has 3 aromatic heterocycles. The molecule has 4 bridgehead atoms. The fourth-order valence-electron chi connectivity index (χ4n) is 4.12. The van der Waals surface area contributed by atoms with Gasteiger partial charge in [0, 0.05) is 42.8 Å². The van der Waals surface area contributed by atoms with Crippen molar-refractivity contribution in [1.82, 2.24) is 24.9 Å². The maximum absolute atomic E-state index is 14.0. The average molecular weight is 430 g/mol. The van der Waals surface area contributed by atoms with Gasteiger partial charge in [-0.25, -0.2) is 18.9 Å². The van der Waals surface area contributed by atoms with Crippen LogP contribution < -0.4 is 15.4 Å². The summed E-state index contributed by atoms with van der Waals surface area (Å²) in [6.45, 7) is 0.259. The number of carbonyl (C=O) groups excluding carboxylic acids is 1. The minimum absolute atomic E-state index is 0.00419. The van der Waals surface area contributed by atoms with Crippen LogP contribution in [-0.4, -0.2) is 37.6 Å². The van der Waals surface area contributed by atoms with Gasteiger partial charge >= 0.3 is 0 Å². The summed E-state index contributed by atoms with van der Waals surface area (Å²) in [5, 5.41) is 10.7. The van der Waals surface area contributed by atoms with Gasteiger partial charge < -0.3 is 15.4 Å². The van der Waals surface area contributed by atoms with Crippen molar-refractivity contribution in [2.75, 3.05) is 5.32 Å². The maximum atomic E-state index is 14.0. The summed E-state index contributed by atoms with van der Waals surface area (Å²) in [7, 11) is 0. The van der Waals surface area contributed by atoms with E-state index in [1.54, 1.807) is 4.52 Å². The van der Waals surface area contributed by atoms with Crippen molar-refractivity contribution in [3.63, 3.8) is 0 Å². The first-order valence-electron chi connectivity index (χ1n) is 10.4. The fourth-order valence-corrected chi connectivity index (χ4v) is 4.12. The standard InChI is InChI=1S/C23H19FN6O2/c24-15-6-14-9-25-20-19(13-4-2-1-3-5-13)12-30-21(29-20)18(11-27-30)22(31)28-16-7-17(8-16)32-23(14)26-10-15/h1-6,10-12,16-17H,7-9H2,(H,25,29)(H,28,31).